The molecule has 3 N–H and O–H groups in total. The fourth-order valence-electron chi connectivity index (χ4n) is 4.12. The molecule has 4 aromatic rings. The Balaban J connectivity index is 2.45. The lowest BCUT2D eigenvalue weighted by molar-refractivity contribution is 0.437. The Labute approximate surface area is 189 Å². The summed E-state index contributed by atoms with van der Waals surface area (Å²) in [6.45, 7) is 0. The average molecular weight is 509 g/mol. The maximum Gasteiger partial charge on any atom is 0.296 e. The van der Waals surface area contributed by atoms with Crippen molar-refractivity contribution in [2.24, 2.45) is 0 Å². The van der Waals surface area contributed by atoms with E-state index in [1.165, 1.54) is 60.7 Å². The van der Waals surface area contributed by atoms with E-state index in [2.05, 4.69) is 0 Å². The first-order valence-corrected chi connectivity index (χ1v) is 13.5. The molecule has 0 saturated carbocycles. The highest BCUT2D eigenvalue weighted by molar-refractivity contribution is 8.05. The first-order chi connectivity index (χ1) is 15.3. The van der Waals surface area contributed by atoms with Crippen molar-refractivity contribution in [2.75, 3.05) is 0 Å². The maximum absolute atomic E-state index is 13.0. The van der Waals surface area contributed by atoms with Gasteiger partial charge in [0, 0.05) is 11.1 Å². The van der Waals surface area contributed by atoms with Gasteiger partial charge in [-0.2, -0.15) is 25.3 Å². The zero-order valence-corrected chi connectivity index (χ0v) is 19.0. The molecule has 0 fully saturated rings. The van der Waals surface area contributed by atoms with E-state index in [4.69, 9.17) is 0 Å². The van der Waals surface area contributed by atoms with Gasteiger partial charge in [-0.05, 0) is 27.6 Å². The van der Waals surface area contributed by atoms with E-state index in [-0.39, 0.29) is 16.2 Å². The number of hydrogen-bond donors (Lipinski definition) is 3. The Morgan fingerprint density at radius 2 is 1.03 bits per heavy atom. The van der Waals surface area contributed by atoms with Crippen molar-refractivity contribution in [3.8, 4) is 0 Å². The van der Waals surface area contributed by atoms with Crippen LogP contribution in [-0.2, 0) is 34.4 Å². The molecule has 0 aliphatic carbocycles. The summed E-state index contributed by atoms with van der Waals surface area (Å²) in [6, 6.07) is 17.4. The molecule has 0 amide bonds. The Morgan fingerprint density at radius 3 is 1.58 bits per heavy atom. The Bertz CT molecular complexity index is 1700. The van der Waals surface area contributed by atoms with Crippen LogP contribution in [-0.4, -0.2) is 38.9 Å². The zero-order valence-electron chi connectivity index (χ0n) is 16.5. The summed E-state index contributed by atoms with van der Waals surface area (Å²) >= 11 is 0. The monoisotopic (exact) mass is 508 g/mol. The van der Waals surface area contributed by atoms with Gasteiger partial charge < -0.3 is 0 Å². The summed E-state index contributed by atoms with van der Waals surface area (Å²) in [4.78, 5) is -1.11. The minimum absolute atomic E-state index is 0.00414. The lowest BCUT2D eigenvalue weighted by Crippen LogP contribution is -2.45. The molecule has 0 unspecified atom stereocenters. The van der Waals surface area contributed by atoms with Gasteiger partial charge in [0.25, 0.3) is 34.4 Å². The highest BCUT2D eigenvalue weighted by Crippen LogP contribution is 2.49. The minimum atomic E-state index is -5.87. The summed E-state index contributed by atoms with van der Waals surface area (Å²) in [5.74, 6) is 0. The van der Waals surface area contributed by atoms with Crippen LogP contribution >= 0.6 is 0 Å². The SMILES string of the molecule is O=S(=O)(O)c1ccc2ccccc2c1C(c1cccc2ccccc12)(S(=O)(=O)O)S(=O)(=O)O. The molecule has 172 valence electrons. The van der Waals surface area contributed by atoms with Crippen LogP contribution in [0.2, 0.25) is 0 Å². The summed E-state index contributed by atoms with van der Waals surface area (Å²) < 4.78 is 104. The van der Waals surface area contributed by atoms with Gasteiger partial charge in [0.15, 0.2) is 0 Å². The molecule has 4 rings (SSSR count). The van der Waals surface area contributed by atoms with E-state index in [9.17, 15) is 38.9 Å². The molecular weight excluding hydrogens is 492 g/mol. The van der Waals surface area contributed by atoms with Crippen LogP contribution in [0.1, 0.15) is 11.1 Å². The van der Waals surface area contributed by atoms with Gasteiger partial charge in [-0.15, -0.1) is 0 Å². The van der Waals surface area contributed by atoms with Gasteiger partial charge >= 0.3 is 0 Å². The first kappa shape index (κ1) is 23.3. The summed E-state index contributed by atoms with van der Waals surface area (Å²) in [5, 5.41) is 0.303. The maximum atomic E-state index is 13.0. The molecule has 0 aliphatic rings. The lowest BCUT2D eigenvalue weighted by atomic mass is 9.94. The second-order valence-corrected chi connectivity index (χ2v) is 12.0. The largest absolute Gasteiger partial charge is 0.296 e. The number of rotatable bonds is 5. The molecule has 0 heterocycles. The number of benzene rings is 4. The van der Waals surface area contributed by atoms with E-state index < -0.39 is 50.5 Å². The molecule has 0 radical (unpaired) electrons. The van der Waals surface area contributed by atoms with Crippen molar-refractivity contribution in [3.63, 3.8) is 0 Å². The lowest BCUT2D eigenvalue weighted by Gasteiger charge is -2.31. The summed E-state index contributed by atoms with van der Waals surface area (Å²) in [5.41, 5.74) is -1.64. The van der Waals surface area contributed by atoms with Crippen molar-refractivity contribution < 1.29 is 38.9 Å². The molecule has 33 heavy (non-hydrogen) atoms. The third kappa shape index (κ3) is 3.51. The van der Waals surface area contributed by atoms with Crippen LogP contribution in [0.15, 0.2) is 83.8 Å². The standard InChI is InChI=1S/C21H16O9S3/c22-31(23,24)19-13-12-15-7-2-4-10-17(15)20(19)21(32(25,26)27,33(28,29)30)18-11-5-8-14-6-1-3-9-16(14)18/h1-13H,(H,22,23,24)(H,25,26,27)(H,28,29,30). The smallest absolute Gasteiger partial charge is 0.284 e. The third-order valence-electron chi connectivity index (χ3n) is 5.37. The molecule has 0 aliphatic heterocycles. The van der Waals surface area contributed by atoms with E-state index in [0.717, 1.165) is 12.1 Å². The molecule has 9 nitrogen and oxygen atoms in total. The van der Waals surface area contributed by atoms with Gasteiger partial charge in [0.2, 0.25) is 0 Å². The van der Waals surface area contributed by atoms with E-state index in [0.29, 0.717) is 5.39 Å². The van der Waals surface area contributed by atoms with Crippen molar-refractivity contribution in [1.82, 2.24) is 0 Å². The predicted octanol–water partition coefficient (Wildman–Crippen LogP) is 3.22. The van der Waals surface area contributed by atoms with Gasteiger partial charge in [0.1, 0.15) is 4.90 Å². The van der Waals surface area contributed by atoms with Crippen LogP contribution < -0.4 is 0 Å². The predicted molar refractivity (Wildman–Crippen MR) is 122 cm³/mol. The van der Waals surface area contributed by atoms with E-state index in [1.54, 1.807) is 6.07 Å². The minimum Gasteiger partial charge on any atom is -0.284 e. The van der Waals surface area contributed by atoms with Gasteiger partial charge in [0.05, 0.1) is 0 Å². The quantitative estimate of drug-likeness (QED) is 0.343. The first-order valence-electron chi connectivity index (χ1n) is 9.22. The van der Waals surface area contributed by atoms with Crippen LogP contribution in [0.5, 0.6) is 0 Å². The summed E-state index contributed by atoms with van der Waals surface area (Å²) in [6.07, 6.45) is 0. The van der Waals surface area contributed by atoms with Crippen molar-refractivity contribution >= 4 is 51.9 Å². The topological polar surface area (TPSA) is 163 Å². The van der Waals surface area contributed by atoms with Crippen LogP contribution in [0.25, 0.3) is 21.5 Å². The second kappa shape index (κ2) is 7.58. The van der Waals surface area contributed by atoms with Gasteiger partial charge in [-0.25, -0.2) is 0 Å². The van der Waals surface area contributed by atoms with Crippen molar-refractivity contribution in [3.05, 3.63) is 90.0 Å². The molecule has 0 atom stereocenters. The fourth-order valence-corrected chi connectivity index (χ4v) is 7.94. The van der Waals surface area contributed by atoms with Crippen molar-refractivity contribution in [1.29, 1.82) is 0 Å². The normalized spacial score (nSPS) is 13.4. The highest BCUT2D eigenvalue weighted by atomic mass is 32.3. The Morgan fingerprint density at radius 1 is 0.545 bits per heavy atom. The molecule has 0 saturated heterocycles. The zero-order chi connectivity index (χ0) is 24.2. The molecule has 12 heteroatoms. The molecular formula is C21H16O9S3. The van der Waals surface area contributed by atoms with Crippen LogP contribution in [0.4, 0.5) is 0 Å². The molecule has 0 bridgehead atoms. The van der Waals surface area contributed by atoms with Gasteiger partial charge in [-0.1, -0.05) is 72.8 Å². The third-order valence-corrected chi connectivity index (χ3v) is 9.83. The molecule has 0 aromatic heterocycles. The number of fused-ring (bicyclic) bond motifs is 2. The summed E-state index contributed by atoms with van der Waals surface area (Å²) in [7, 11) is -17.0. The van der Waals surface area contributed by atoms with E-state index >= 15 is 0 Å². The van der Waals surface area contributed by atoms with Crippen molar-refractivity contribution in [2.45, 2.75) is 8.97 Å². The average Bonchev–Trinajstić information content (AvgIpc) is 2.71. The Kier molecular flexibility index (Phi) is 5.35. The molecule has 4 aromatic carbocycles. The Hall–Kier alpha value is -2.87. The highest BCUT2D eigenvalue weighted by Gasteiger charge is 2.61. The number of hydrogen-bond acceptors (Lipinski definition) is 6. The second-order valence-electron chi connectivity index (χ2n) is 7.23. The van der Waals surface area contributed by atoms with Crippen LogP contribution in [0, 0.1) is 0 Å². The van der Waals surface area contributed by atoms with E-state index in [1.807, 2.05) is 0 Å². The molecule has 0 spiro atoms. The fraction of sp³-hybridized carbons (Fsp3) is 0.0476. The van der Waals surface area contributed by atoms with Crippen LogP contribution in [0.3, 0.4) is 0 Å². The van der Waals surface area contributed by atoms with Gasteiger partial charge in [-0.3, -0.25) is 13.7 Å².